The Bertz CT molecular complexity index is 621. The summed E-state index contributed by atoms with van der Waals surface area (Å²) in [5.41, 5.74) is 0.208. The number of hydrogen-bond acceptors (Lipinski definition) is 5. The van der Waals surface area contributed by atoms with Gasteiger partial charge >= 0.3 is 5.97 Å². The van der Waals surface area contributed by atoms with Crippen molar-refractivity contribution in [2.24, 2.45) is 0 Å². The molecule has 0 aromatic carbocycles. The molecule has 1 aliphatic rings. The van der Waals surface area contributed by atoms with Crippen molar-refractivity contribution in [2.75, 3.05) is 13.2 Å². The zero-order valence-corrected chi connectivity index (χ0v) is 13.5. The number of carbonyl (C=O) groups is 1. The Morgan fingerprint density at radius 3 is 2.71 bits per heavy atom. The molecule has 0 bridgehead atoms. The van der Waals surface area contributed by atoms with Crippen LogP contribution < -0.4 is 0 Å². The van der Waals surface area contributed by atoms with Gasteiger partial charge in [-0.05, 0) is 32.8 Å². The molecule has 1 saturated carbocycles. The fourth-order valence-corrected chi connectivity index (χ4v) is 2.71. The number of aromatic nitrogens is 1. The van der Waals surface area contributed by atoms with Crippen molar-refractivity contribution in [1.29, 1.82) is 0 Å². The van der Waals surface area contributed by atoms with Gasteiger partial charge < -0.3 is 14.0 Å². The van der Waals surface area contributed by atoms with E-state index < -0.39 is 21.1 Å². The molecule has 0 amide bonds. The molecule has 0 aliphatic heterocycles. The van der Waals surface area contributed by atoms with E-state index in [9.17, 15) is 13.2 Å². The monoisotopic (exact) mass is 335 g/mol. The first-order valence-corrected chi connectivity index (χ1v) is 9.09. The van der Waals surface area contributed by atoms with E-state index in [-0.39, 0.29) is 16.6 Å². The highest BCUT2D eigenvalue weighted by molar-refractivity contribution is 8.13. The minimum Gasteiger partial charge on any atom is -0.456 e. The van der Waals surface area contributed by atoms with Crippen LogP contribution in [0.3, 0.4) is 0 Å². The quantitative estimate of drug-likeness (QED) is 0.564. The Hall–Kier alpha value is -1.05. The van der Waals surface area contributed by atoms with Crippen LogP contribution in [0.1, 0.15) is 43.2 Å². The molecule has 0 spiro atoms. The molecule has 21 heavy (non-hydrogen) atoms. The zero-order chi connectivity index (χ0) is 15.6. The summed E-state index contributed by atoms with van der Waals surface area (Å²) in [4.78, 5) is 12.1. The number of carbonyl (C=O) groups excluding carboxylic acids is 1. The van der Waals surface area contributed by atoms with Gasteiger partial charge in [-0.1, -0.05) is 0 Å². The van der Waals surface area contributed by atoms with Gasteiger partial charge in [-0.3, -0.25) is 0 Å². The van der Waals surface area contributed by atoms with E-state index in [1.807, 2.05) is 6.92 Å². The second kappa shape index (κ2) is 6.37. The summed E-state index contributed by atoms with van der Waals surface area (Å²) in [5, 5.41) is 0. The SMILES string of the molecule is CCOCC(C)OC(=O)c1cc(S(=O)(=O)Cl)cn1C1CC1. The molecule has 1 heterocycles. The number of ether oxygens (including phenoxy) is 2. The molecule has 1 atom stereocenters. The number of rotatable bonds is 7. The third-order valence-corrected chi connectivity index (χ3v) is 4.44. The van der Waals surface area contributed by atoms with Crippen molar-refractivity contribution >= 4 is 25.7 Å². The van der Waals surface area contributed by atoms with E-state index in [1.165, 1.54) is 12.3 Å². The average molecular weight is 336 g/mol. The van der Waals surface area contributed by atoms with E-state index in [2.05, 4.69) is 0 Å². The van der Waals surface area contributed by atoms with Crippen molar-refractivity contribution in [3.05, 3.63) is 18.0 Å². The van der Waals surface area contributed by atoms with Gasteiger partial charge in [0.05, 0.1) is 6.61 Å². The first-order valence-electron chi connectivity index (χ1n) is 6.78. The standard InChI is InChI=1S/C13H18ClNO5S/c1-3-19-8-9(2)20-13(16)12-6-11(21(14,17)18)7-15(12)10-4-5-10/h6-7,9-10H,3-5,8H2,1-2H3. The molecule has 0 saturated heterocycles. The highest BCUT2D eigenvalue weighted by Gasteiger charge is 2.31. The molecule has 1 aromatic heterocycles. The fraction of sp³-hybridized carbons (Fsp3) is 0.615. The molecule has 1 unspecified atom stereocenters. The Kier molecular flexibility index (Phi) is 4.95. The van der Waals surface area contributed by atoms with Crippen LogP contribution in [-0.2, 0) is 18.5 Å². The number of nitrogens with zero attached hydrogens (tertiary/aromatic N) is 1. The Balaban J connectivity index is 2.18. The second-order valence-corrected chi connectivity index (χ2v) is 7.58. The normalized spacial score (nSPS) is 16.7. The summed E-state index contributed by atoms with van der Waals surface area (Å²) in [5.74, 6) is -0.569. The van der Waals surface area contributed by atoms with Gasteiger partial charge in [-0.15, -0.1) is 0 Å². The highest BCUT2D eigenvalue weighted by atomic mass is 35.7. The van der Waals surface area contributed by atoms with E-state index in [0.717, 1.165) is 12.8 Å². The molecular weight excluding hydrogens is 318 g/mol. The second-order valence-electron chi connectivity index (χ2n) is 5.01. The maximum absolute atomic E-state index is 12.2. The van der Waals surface area contributed by atoms with E-state index in [0.29, 0.717) is 13.2 Å². The number of hydrogen-bond donors (Lipinski definition) is 0. The molecule has 1 fully saturated rings. The van der Waals surface area contributed by atoms with Gasteiger partial charge in [0, 0.05) is 29.5 Å². The molecule has 6 nitrogen and oxygen atoms in total. The topological polar surface area (TPSA) is 74.6 Å². The lowest BCUT2D eigenvalue weighted by Gasteiger charge is -2.14. The summed E-state index contributed by atoms with van der Waals surface area (Å²) in [6, 6.07) is 1.40. The van der Waals surface area contributed by atoms with Crippen LogP contribution in [0.4, 0.5) is 0 Å². The summed E-state index contributed by atoms with van der Waals surface area (Å²) >= 11 is 0. The zero-order valence-electron chi connectivity index (χ0n) is 11.9. The van der Waals surface area contributed by atoms with E-state index in [4.69, 9.17) is 20.2 Å². The van der Waals surface area contributed by atoms with Crippen LogP contribution in [-0.4, -0.2) is 38.3 Å². The highest BCUT2D eigenvalue weighted by Crippen LogP contribution is 2.37. The maximum Gasteiger partial charge on any atom is 0.355 e. The molecule has 2 rings (SSSR count). The van der Waals surface area contributed by atoms with Gasteiger partial charge in [0.25, 0.3) is 9.05 Å². The van der Waals surface area contributed by atoms with E-state index >= 15 is 0 Å². The smallest absolute Gasteiger partial charge is 0.355 e. The Morgan fingerprint density at radius 2 is 2.19 bits per heavy atom. The van der Waals surface area contributed by atoms with Gasteiger partial charge in [0.15, 0.2) is 0 Å². The maximum atomic E-state index is 12.2. The van der Waals surface area contributed by atoms with Crippen LogP contribution in [0.15, 0.2) is 17.2 Å². The van der Waals surface area contributed by atoms with Gasteiger partial charge in [-0.2, -0.15) is 0 Å². The Labute approximate surface area is 128 Å². The molecule has 8 heteroatoms. The van der Waals surface area contributed by atoms with Crippen LogP contribution in [0, 0.1) is 0 Å². The van der Waals surface area contributed by atoms with Crippen LogP contribution in [0.5, 0.6) is 0 Å². The molecule has 0 N–H and O–H groups in total. The Morgan fingerprint density at radius 1 is 1.52 bits per heavy atom. The first-order chi connectivity index (χ1) is 9.82. The minimum absolute atomic E-state index is 0.0829. The largest absolute Gasteiger partial charge is 0.456 e. The summed E-state index contributed by atoms with van der Waals surface area (Å²) < 4.78 is 34.9. The third-order valence-electron chi connectivity index (χ3n) is 3.12. The van der Waals surface area contributed by atoms with Crippen molar-refractivity contribution in [3.8, 4) is 0 Å². The molecule has 118 valence electrons. The molecule has 1 aliphatic carbocycles. The number of halogens is 1. The van der Waals surface area contributed by atoms with Gasteiger partial charge in [-0.25, -0.2) is 13.2 Å². The van der Waals surface area contributed by atoms with Crippen molar-refractivity contribution in [3.63, 3.8) is 0 Å². The first kappa shape index (κ1) is 16.3. The fourth-order valence-electron chi connectivity index (χ4n) is 1.97. The third kappa shape index (κ3) is 4.21. The lowest BCUT2D eigenvalue weighted by atomic mass is 10.4. The predicted molar refractivity (Wildman–Crippen MR) is 77.1 cm³/mol. The molecule has 0 radical (unpaired) electrons. The van der Waals surface area contributed by atoms with Crippen molar-refractivity contribution in [1.82, 2.24) is 4.57 Å². The molecule has 1 aromatic rings. The summed E-state index contributed by atoms with van der Waals surface area (Å²) in [6.45, 7) is 4.41. The molecular formula is C13H18ClNO5S. The summed E-state index contributed by atoms with van der Waals surface area (Å²) in [6.07, 6.45) is 2.80. The lowest BCUT2D eigenvalue weighted by Crippen LogP contribution is -2.22. The van der Waals surface area contributed by atoms with Crippen LogP contribution >= 0.6 is 10.7 Å². The van der Waals surface area contributed by atoms with Gasteiger partial charge in [0.1, 0.15) is 16.7 Å². The lowest BCUT2D eigenvalue weighted by molar-refractivity contribution is 0.00345. The van der Waals surface area contributed by atoms with Crippen molar-refractivity contribution in [2.45, 2.75) is 43.7 Å². The summed E-state index contributed by atoms with van der Waals surface area (Å²) in [7, 11) is 1.47. The van der Waals surface area contributed by atoms with Crippen LogP contribution in [0.2, 0.25) is 0 Å². The van der Waals surface area contributed by atoms with E-state index in [1.54, 1.807) is 11.5 Å². The van der Waals surface area contributed by atoms with Gasteiger partial charge in [0.2, 0.25) is 0 Å². The number of esters is 1. The van der Waals surface area contributed by atoms with Crippen molar-refractivity contribution < 1.29 is 22.7 Å². The van der Waals surface area contributed by atoms with Crippen LogP contribution in [0.25, 0.3) is 0 Å². The minimum atomic E-state index is -3.87. The average Bonchev–Trinajstić information content (AvgIpc) is 3.13. The predicted octanol–water partition coefficient (Wildman–Crippen LogP) is 2.33.